The van der Waals surface area contributed by atoms with Crippen molar-refractivity contribution in [3.05, 3.63) is 59.7 Å². The van der Waals surface area contributed by atoms with Crippen molar-refractivity contribution in [2.24, 2.45) is 4.99 Å². The normalized spacial score (nSPS) is 19.8. The van der Waals surface area contributed by atoms with E-state index in [2.05, 4.69) is 4.99 Å². The first-order valence-corrected chi connectivity index (χ1v) is 8.67. The van der Waals surface area contributed by atoms with Gasteiger partial charge in [-0.3, -0.25) is 4.79 Å². The summed E-state index contributed by atoms with van der Waals surface area (Å²) >= 11 is 0. The summed E-state index contributed by atoms with van der Waals surface area (Å²) in [6, 6.07) is 15.2. The Balaban J connectivity index is 1.65. The highest BCUT2D eigenvalue weighted by Crippen LogP contribution is 2.33. The highest BCUT2D eigenvalue weighted by Gasteiger charge is 2.33. The fraction of sp³-hybridized carbons (Fsp3) is 0.300. The van der Waals surface area contributed by atoms with Crippen LogP contribution in [-0.2, 0) is 16.1 Å². The second-order valence-corrected chi connectivity index (χ2v) is 6.42. The lowest BCUT2D eigenvalue weighted by Crippen LogP contribution is -2.47. The molecule has 0 radical (unpaired) electrons. The first kappa shape index (κ1) is 17.5. The van der Waals surface area contributed by atoms with Gasteiger partial charge in [-0.25, -0.2) is 0 Å². The van der Waals surface area contributed by atoms with Crippen molar-refractivity contribution in [2.45, 2.75) is 18.8 Å². The third kappa shape index (κ3) is 3.51. The molecule has 2 aromatic rings. The van der Waals surface area contributed by atoms with Gasteiger partial charge in [0.25, 0.3) is 5.91 Å². The van der Waals surface area contributed by atoms with E-state index < -0.39 is 18.1 Å². The molecule has 140 valence electrons. The van der Waals surface area contributed by atoms with Crippen LogP contribution in [0.1, 0.15) is 17.2 Å². The van der Waals surface area contributed by atoms with Crippen molar-refractivity contribution in [1.29, 1.82) is 0 Å². The Labute approximate surface area is 156 Å². The van der Waals surface area contributed by atoms with Crippen molar-refractivity contribution >= 4 is 11.7 Å². The Morgan fingerprint density at radius 2 is 2.00 bits per heavy atom. The number of hydrogen-bond acceptors (Lipinski definition) is 6. The third-order valence-electron chi connectivity index (χ3n) is 4.61. The summed E-state index contributed by atoms with van der Waals surface area (Å²) in [7, 11) is 1.58. The van der Waals surface area contributed by atoms with E-state index in [0.717, 1.165) is 11.1 Å². The number of carbonyl (C=O) groups excluding carboxylic acids is 1. The lowest BCUT2D eigenvalue weighted by Gasteiger charge is -2.34. The fourth-order valence-electron chi connectivity index (χ4n) is 3.29. The lowest BCUT2D eigenvalue weighted by molar-refractivity contribution is -0.127. The number of carbonyl (C=O) groups is 1. The van der Waals surface area contributed by atoms with Gasteiger partial charge in [0.2, 0.25) is 6.79 Å². The largest absolute Gasteiger partial charge is 0.454 e. The first-order valence-electron chi connectivity index (χ1n) is 8.67. The Bertz CT molecular complexity index is 868. The maximum atomic E-state index is 12.1. The van der Waals surface area contributed by atoms with Crippen LogP contribution in [0.5, 0.6) is 11.5 Å². The van der Waals surface area contributed by atoms with Crippen LogP contribution >= 0.6 is 0 Å². The van der Waals surface area contributed by atoms with Crippen molar-refractivity contribution in [1.82, 2.24) is 4.90 Å². The lowest BCUT2D eigenvalue weighted by atomic mass is 10.0. The number of rotatable bonds is 5. The van der Waals surface area contributed by atoms with Crippen molar-refractivity contribution < 1.29 is 24.1 Å². The van der Waals surface area contributed by atoms with Crippen LogP contribution in [0.25, 0.3) is 0 Å². The van der Waals surface area contributed by atoms with Gasteiger partial charge in [-0.05, 0) is 23.3 Å². The zero-order chi connectivity index (χ0) is 18.8. The number of aliphatic imine (C=N–C) groups is 1. The van der Waals surface area contributed by atoms with Crippen molar-refractivity contribution in [3.8, 4) is 11.5 Å². The fourth-order valence-corrected chi connectivity index (χ4v) is 3.29. The van der Waals surface area contributed by atoms with Gasteiger partial charge in [0.1, 0.15) is 11.9 Å². The summed E-state index contributed by atoms with van der Waals surface area (Å²) in [6.07, 6.45) is -1.66. The second-order valence-electron chi connectivity index (χ2n) is 6.42. The van der Waals surface area contributed by atoms with Gasteiger partial charge in [-0.15, -0.1) is 0 Å². The number of nitrogens with zero attached hydrogens (tertiary/aromatic N) is 2. The van der Waals surface area contributed by atoms with Crippen LogP contribution in [0.3, 0.4) is 0 Å². The molecule has 7 nitrogen and oxygen atoms in total. The SMILES string of the molecule is COC(C1=NC(=O)C(O)CN1Cc1ccc2c(c1)OCO2)c1ccccc1. The number of methoxy groups -OCH3 is 1. The number of ether oxygens (including phenoxy) is 3. The van der Waals surface area contributed by atoms with E-state index >= 15 is 0 Å². The standard InChI is InChI=1S/C20H20N2O5/c1-25-18(14-5-3-2-4-6-14)19-21-20(24)15(23)11-22(19)10-13-7-8-16-17(9-13)27-12-26-16/h2-9,15,18,23H,10-12H2,1H3. The number of hydrogen-bond donors (Lipinski definition) is 1. The molecule has 1 N–H and O–H groups in total. The van der Waals surface area contributed by atoms with E-state index in [1.165, 1.54) is 0 Å². The van der Waals surface area contributed by atoms with Crippen LogP contribution in [0.15, 0.2) is 53.5 Å². The average molecular weight is 368 g/mol. The molecular formula is C20H20N2O5. The summed E-state index contributed by atoms with van der Waals surface area (Å²) in [6.45, 7) is 0.813. The van der Waals surface area contributed by atoms with Crippen molar-refractivity contribution in [3.63, 3.8) is 0 Å². The summed E-state index contributed by atoms with van der Waals surface area (Å²) in [5.74, 6) is 1.33. The van der Waals surface area contributed by atoms with E-state index in [1.807, 2.05) is 53.4 Å². The number of β-amino-alcohol motifs (C(OH)–C–C–N with tert-alkyl or cyclic N) is 1. The summed E-state index contributed by atoms with van der Waals surface area (Å²) in [5.41, 5.74) is 1.84. The molecule has 7 heteroatoms. The monoisotopic (exact) mass is 368 g/mol. The molecular weight excluding hydrogens is 348 g/mol. The maximum absolute atomic E-state index is 12.1. The summed E-state index contributed by atoms with van der Waals surface area (Å²) in [5, 5.41) is 10.0. The molecule has 2 heterocycles. The van der Waals surface area contributed by atoms with Gasteiger partial charge in [-0.1, -0.05) is 36.4 Å². The Hall–Kier alpha value is -2.90. The van der Waals surface area contributed by atoms with E-state index in [4.69, 9.17) is 14.2 Å². The van der Waals surface area contributed by atoms with Gasteiger partial charge < -0.3 is 24.2 Å². The number of amidine groups is 1. The zero-order valence-electron chi connectivity index (χ0n) is 14.9. The molecule has 2 unspecified atom stereocenters. The van der Waals surface area contributed by atoms with Crippen LogP contribution in [0.2, 0.25) is 0 Å². The van der Waals surface area contributed by atoms with Crippen LogP contribution in [0, 0.1) is 0 Å². The van der Waals surface area contributed by atoms with E-state index in [-0.39, 0.29) is 13.3 Å². The molecule has 4 rings (SSSR count). The van der Waals surface area contributed by atoms with Crippen LogP contribution in [-0.4, -0.2) is 48.3 Å². The molecule has 27 heavy (non-hydrogen) atoms. The predicted octanol–water partition coefficient (Wildman–Crippen LogP) is 1.90. The molecule has 2 aromatic carbocycles. The number of aliphatic hydroxyl groups is 1. The number of aliphatic hydroxyl groups excluding tert-OH is 1. The number of fused-ring (bicyclic) bond motifs is 1. The van der Waals surface area contributed by atoms with Crippen molar-refractivity contribution in [2.75, 3.05) is 20.4 Å². The molecule has 0 bridgehead atoms. The summed E-state index contributed by atoms with van der Waals surface area (Å²) in [4.78, 5) is 18.1. The third-order valence-corrected chi connectivity index (χ3v) is 4.61. The van der Waals surface area contributed by atoms with E-state index in [1.54, 1.807) is 7.11 Å². The van der Waals surface area contributed by atoms with Gasteiger partial charge >= 0.3 is 0 Å². The minimum atomic E-state index is -1.16. The number of amides is 1. The molecule has 0 fully saturated rings. The van der Waals surface area contributed by atoms with Crippen LogP contribution < -0.4 is 9.47 Å². The molecule has 2 aliphatic heterocycles. The molecule has 1 amide bonds. The van der Waals surface area contributed by atoms with Crippen LogP contribution in [0.4, 0.5) is 0 Å². The smallest absolute Gasteiger partial charge is 0.278 e. The Kier molecular flexibility index (Phi) is 4.79. The second kappa shape index (κ2) is 7.38. The van der Waals surface area contributed by atoms with E-state index in [9.17, 15) is 9.90 Å². The first-order chi connectivity index (χ1) is 13.2. The average Bonchev–Trinajstić information content (AvgIpc) is 3.15. The molecule has 2 aliphatic rings. The van der Waals surface area contributed by atoms with Gasteiger partial charge in [0, 0.05) is 13.7 Å². The van der Waals surface area contributed by atoms with Gasteiger partial charge in [0.15, 0.2) is 17.6 Å². The van der Waals surface area contributed by atoms with E-state index in [0.29, 0.717) is 23.9 Å². The quantitative estimate of drug-likeness (QED) is 0.868. The highest BCUT2D eigenvalue weighted by molar-refractivity contribution is 6.01. The highest BCUT2D eigenvalue weighted by atomic mass is 16.7. The molecule has 0 spiro atoms. The minimum absolute atomic E-state index is 0.152. The Morgan fingerprint density at radius 1 is 1.22 bits per heavy atom. The molecule has 0 saturated carbocycles. The summed E-state index contributed by atoms with van der Waals surface area (Å²) < 4.78 is 16.4. The minimum Gasteiger partial charge on any atom is -0.454 e. The predicted molar refractivity (Wildman–Crippen MR) is 97.6 cm³/mol. The van der Waals surface area contributed by atoms with Gasteiger partial charge in [0.05, 0.1) is 6.54 Å². The Morgan fingerprint density at radius 3 is 2.78 bits per heavy atom. The van der Waals surface area contributed by atoms with Gasteiger partial charge in [-0.2, -0.15) is 4.99 Å². The molecule has 0 aromatic heterocycles. The number of benzene rings is 2. The molecule has 2 atom stereocenters. The zero-order valence-corrected chi connectivity index (χ0v) is 14.9. The molecule has 0 aliphatic carbocycles. The molecule has 0 saturated heterocycles. The topological polar surface area (TPSA) is 80.6 Å². The maximum Gasteiger partial charge on any atom is 0.278 e.